The van der Waals surface area contributed by atoms with Crippen LogP contribution < -0.4 is 0 Å². The van der Waals surface area contributed by atoms with E-state index in [0.29, 0.717) is 0 Å². The van der Waals surface area contributed by atoms with Crippen molar-refractivity contribution in [2.24, 2.45) is 0 Å². The van der Waals surface area contributed by atoms with Crippen molar-refractivity contribution in [3.63, 3.8) is 0 Å². The molecule has 0 atom stereocenters. The van der Waals surface area contributed by atoms with E-state index in [-0.39, 0.29) is 33.8 Å². The first-order valence-electron chi connectivity index (χ1n) is 0. The van der Waals surface area contributed by atoms with Gasteiger partial charge in [0.05, 0.1) is 0 Å². The van der Waals surface area contributed by atoms with Crippen LogP contribution in [0, 0.1) is 0 Å². The molecule has 0 rings (SSSR count). The topological polar surface area (TPSA) is 93.0 Å². The van der Waals surface area contributed by atoms with Gasteiger partial charge in [0.25, 0.3) is 0 Å². The molecule has 0 fully saturated rings. The van der Waals surface area contributed by atoms with Crippen LogP contribution in [0.25, 0.3) is 0 Å². The van der Waals surface area contributed by atoms with Crippen LogP contribution >= 0.6 is 0 Å². The summed E-state index contributed by atoms with van der Waals surface area (Å²) in [7, 11) is 0. The van der Waals surface area contributed by atoms with E-state index < -0.39 is 0 Å². The molecule has 5 N–H and O–H groups in total. The molecule has 0 aromatic carbocycles. The van der Waals surface area contributed by atoms with Gasteiger partial charge in [0.2, 0.25) is 0 Å². The molecule has 0 unspecified atom stereocenters. The number of rotatable bonds is 0. The first-order chi connectivity index (χ1) is 0. The maximum absolute atomic E-state index is 0. The van der Waals surface area contributed by atoms with Gasteiger partial charge < -0.3 is 16.4 Å². The molecule has 4 heteroatoms. The second kappa shape index (κ2) is 117. The molecule has 0 spiro atoms. The van der Waals surface area contributed by atoms with Crippen LogP contribution in [-0.2, 0) is 0 Å². The zero-order chi connectivity index (χ0) is 0. The maximum Gasteiger partial charge on any atom is 3.00 e. The van der Waals surface area contributed by atoms with Crippen LogP contribution in [-0.4, -0.2) is 33.8 Å². The van der Waals surface area contributed by atoms with E-state index in [9.17, 15) is 0 Å². The molecule has 0 saturated carbocycles. The van der Waals surface area contributed by atoms with Gasteiger partial charge in [0.1, 0.15) is 0 Å². The van der Waals surface area contributed by atoms with E-state index in [1.54, 1.807) is 0 Å². The van der Waals surface area contributed by atoms with Crippen molar-refractivity contribution in [3.8, 4) is 0 Å². The summed E-state index contributed by atoms with van der Waals surface area (Å²) in [5.41, 5.74) is 0. The summed E-state index contributed by atoms with van der Waals surface area (Å²) in [4.78, 5) is 0. The minimum absolute atomic E-state index is 0. The van der Waals surface area contributed by atoms with Gasteiger partial charge >= 0.3 is 17.4 Å². The van der Waals surface area contributed by atoms with Crippen molar-refractivity contribution in [1.29, 1.82) is 0 Å². The average Bonchev–Trinajstić information content (AvgIpc) is 0. The average molecular weight is 80.0 g/mol. The molecule has 0 aromatic rings. The molecule has 0 heterocycles. The van der Waals surface area contributed by atoms with Crippen molar-refractivity contribution >= 4 is 17.4 Å². The summed E-state index contributed by atoms with van der Waals surface area (Å²) in [6, 6.07) is 0. The predicted octanol–water partition coefficient (Wildman–Crippen LogP) is -2.21. The Hall–Kier alpha value is 0.412. The largest absolute Gasteiger partial charge is 3.00 e. The molecule has 3 nitrogen and oxygen atoms in total. The number of hydrogen-bond donors (Lipinski definition) is 0. The predicted molar refractivity (Wildman–Crippen MR) is 14.9 cm³/mol. The van der Waals surface area contributed by atoms with Crippen LogP contribution in [0.5, 0.6) is 0 Å². The van der Waals surface area contributed by atoms with Crippen LogP contribution in [0.3, 0.4) is 0 Å². The maximum atomic E-state index is 0. The third-order valence-corrected chi connectivity index (χ3v) is 0. The standard InChI is InChI=1S/Al.3H2O/h;3*1H2/q+3;;;/p-1. The van der Waals surface area contributed by atoms with Gasteiger partial charge in [-0.1, -0.05) is 0 Å². The third kappa shape index (κ3) is 28.3. The molecular weight excluding hydrogens is 75.0 g/mol. The molecule has 0 radical (unpaired) electrons. The first-order valence-corrected chi connectivity index (χ1v) is 0. The Morgan fingerprint density at radius 1 is 0.750 bits per heavy atom. The van der Waals surface area contributed by atoms with E-state index in [0.717, 1.165) is 0 Å². The molecule has 0 aromatic heterocycles. The smallest absolute Gasteiger partial charge is 0.870 e. The van der Waals surface area contributed by atoms with Crippen LogP contribution in [0.1, 0.15) is 0 Å². The minimum Gasteiger partial charge on any atom is -0.870 e. The Kier molecular flexibility index (Phi) is 8810. The Labute approximate surface area is 34.7 Å². The second-order valence-electron chi connectivity index (χ2n) is 0. The molecule has 0 amide bonds. The first kappa shape index (κ1) is 302. The number of hydrogen-bond acceptors (Lipinski definition) is 1. The Morgan fingerprint density at radius 2 is 0.750 bits per heavy atom. The summed E-state index contributed by atoms with van der Waals surface area (Å²) >= 11 is 0. The van der Waals surface area contributed by atoms with Gasteiger partial charge in [-0.25, -0.2) is 0 Å². The van der Waals surface area contributed by atoms with Gasteiger partial charge in [0, 0.05) is 0 Å². The molecule has 0 bridgehead atoms. The van der Waals surface area contributed by atoms with E-state index in [1.807, 2.05) is 0 Å². The Balaban J connectivity index is 0. The minimum atomic E-state index is 0. The molecule has 0 aliphatic rings. The molecular formula is H5AlO3+2. The zero-order valence-electron chi connectivity index (χ0n) is 2.02. The van der Waals surface area contributed by atoms with E-state index in [4.69, 9.17) is 0 Å². The van der Waals surface area contributed by atoms with Gasteiger partial charge in [-0.3, -0.25) is 0 Å². The normalized spacial score (nSPS) is 0. The summed E-state index contributed by atoms with van der Waals surface area (Å²) in [6.45, 7) is 0. The van der Waals surface area contributed by atoms with Gasteiger partial charge in [-0.2, -0.15) is 0 Å². The SMILES string of the molecule is O.O.[Al+3].[OH-]. The van der Waals surface area contributed by atoms with Crippen LogP contribution in [0.4, 0.5) is 0 Å². The van der Waals surface area contributed by atoms with Crippen molar-refractivity contribution in [1.82, 2.24) is 0 Å². The summed E-state index contributed by atoms with van der Waals surface area (Å²) in [5, 5.41) is 0. The fourth-order valence-electron chi connectivity index (χ4n) is 0. The third-order valence-electron chi connectivity index (χ3n) is 0. The summed E-state index contributed by atoms with van der Waals surface area (Å²) < 4.78 is 0. The molecule has 0 aliphatic carbocycles. The van der Waals surface area contributed by atoms with E-state index in [2.05, 4.69) is 0 Å². The quantitative estimate of drug-likeness (QED) is 0.303. The molecule has 0 aliphatic heterocycles. The summed E-state index contributed by atoms with van der Waals surface area (Å²) in [6.07, 6.45) is 0. The van der Waals surface area contributed by atoms with Crippen molar-refractivity contribution < 1.29 is 16.4 Å². The zero-order valence-corrected chi connectivity index (χ0v) is 3.18. The second-order valence-corrected chi connectivity index (χ2v) is 0. The van der Waals surface area contributed by atoms with Gasteiger partial charge in [-0.05, 0) is 0 Å². The van der Waals surface area contributed by atoms with Crippen molar-refractivity contribution in [3.05, 3.63) is 0 Å². The van der Waals surface area contributed by atoms with Gasteiger partial charge in [-0.15, -0.1) is 0 Å². The fraction of sp³-hybridized carbons (Fsp3) is 0. The molecule has 4 heavy (non-hydrogen) atoms. The monoisotopic (exact) mass is 80.0 g/mol. The van der Waals surface area contributed by atoms with Crippen LogP contribution in [0.15, 0.2) is 0 Å². The Morgan fingerprint density at radius 3 is 0.750 bits per heavy atom. The fourth-order valence-corrected chi connectivity index (χ4v) is 0. The molecule has 24 valence electrons. The molecule has 0 saturated heterocycles. The summed E-state index contributed by atoms with van der Waals surface area (Å²) in [5.74, 6) is 0. The van der Waals surface area contributed by atoms with Crippen molar-refractivity contribution in [2.75, 3.05) is 0 Å². The van der Waals surface area contributed by atoms with Gasteiger partial charge in [0.15, 0.2) is 0 Å². The van der Waals surface area contributed by atoms with E-state index in [1.165, 1.54) is 0 Å². The van der Waals surface area contributed by atoms with E-state index >= 15 is 0 Å². The Bertz CT molecular complexity index is 3.25. The van der Waals surface area contributed by atoms with Crippen molar-refractivity contribution in [2.45, 2.75) is 0 Å². The van der Waals surface area contributed by atoms with Crippen LogP contribution in [0.2, 0.25) is 0 Å².